The highest BCUT2D eigenvalue weighted by atomic mass is 28.4. The van der Waals surface area contributed by atoms with Crippen molar-refractivity contribution in [1.29, 1.82) is 0 Å². The van der Waals surface area contributed by atoms with E-state index in [1.165, 1.54) is 0 Å². The Bertz CT molecular complexity index is 202. The summed E-state index contributed by atoms with van der Waals surface area (Å²) in [5, 5.41) is 0. The van der Waals surface area contributed by atoms with Gasteiger partial charge in [-0.05, 0) is 53.3 Å². The molecule has 0 atom stereocenters. The van der Waals surface area contributed by atoms with Gasteiger partial charge in [-0.3, -0.25) is 0 Å². The zero-order valence-corrected chi connectivity index (χ0v) is 15.6. The average molecular weight is 309 g/mol. The van der Waals surface area contributed by atoms with Gasteiger partial charge in [-0.2, -0.15) is 0 Å². The lowest BCUT2D eigenvalue weighted by Crippen LogP contribution is -2.46. The number of rotatable bonds is 12. The lowest BCUT2D eigenvalue weighted by molar-refractivity contribution is 0.0704. The van der Waals surface area contributed by atoms with Gasteiger partial charge in [-0.15, -0.1) is 0 Å². The zero-order chi connectivity index (χ0) is 14.8. The summed E-state index contributed by atoms with van der Waals surface area (Å²) in [6, 6.07) is 0.886. The fraction of sp³-hybridized carbons (Fsp3) is 1.00. The smallest absolute Gasteiger partial charge is 0.418 e. The first-order valence-electron chi connectivity index (χ1n) is 7.45. The molecule has 0 radical (unpaired) electrons. The molecule has 0 fully saturated rings. The third-order valence-corrected chi connectivity index (χ3v) is 6.73. The molecular formula is C13H32O4Si2. The van der Waals surface area contributed by atoms with Gasteiger partial charge in [0.05, 0.1) is 0 Å². The van der Waals surface area contributed by atoms with E-state index in [0.717, 1.165) is 25.5 Å². The Kier molecular flexibility index (Phi) is 10.2. The summed E-state index contributed by atoms with van der Waals surface area (Å²) >= 11 is 0. The Hall–Kier alpha value is 0.274. The average Bonchev–Trinajstić information content (AvgIpc) is 2.28. The first kappa shape index (κ1) is 19.3. The minimum absolute atomic E-state index is 0.650. The molecule has 0 unspecified atom stereocenters. The lowest BCUT2D eigenvalue weighted by Gasteiger charge is -2.28. The predicted molar refractivity (Wildman–Crippen MR) is 84.0 cm³/mol. The third kappa shape index (κ3) is 9.75. The van der Waals surface area contributed by atoms with Crippen LogP contribution in [0.4, 0.5) is 0 Å². The predicted octanol–water partition coefficient (Wildman–Crippen LogP) is 3.67. The van der Waals surface area contributed by atoms with Crippen molar-refractivity contribution in [3.63, 3.8) is 0 Å². The summed E-state index contributed by atoms with van der Waals surface area (Å²) in [5.74, 6) is 0. The van der Waals surface area contributed by atoms with Gasteiger partial charge in [-0.1, -0.05) is 0 Å². The molecule has 0 spiro atoms. The minimum atomic E-state index is -2.44. The molecular weight excluding hydrogens is 276 g/mol. The van der Waals surface area contributed by atoms with Crippen molar-refractivity contribution in [2.24, 2.45) is 0 Å². The van der Waals surface area contributed by atoms with Crippen LogP contribution in [-0.4, -0.2) is 43.5 Å². The molecule has 0 aromatic rings. The fourth-order valence-corrected chi connectivity index (χ4v) is 5.27. The number of hydrogen-bond donors (Lipinski definition) is 0. The highest BCUT2D eigenvalue weighted by Crippen LogP contribution is 2.19. The van der Waals surface area contributed by atoms with Crippen LogP contribution in [0.15, 0.2) is 0 Å². The highest BCUT2D eigenvalue weighted by molar-refractivity contribution is 6.69. The van der Waals surface area contributed by atoms with E-state index in [1.807, 2.05) is 20.8 Å². The van der Waals surface area contributed by atoms with Gasteiger partial charge in [0.1, 0.15) is 0 Å². The maximum Gasteiger partial charge on any atom is 0.500 e. The van der Waals surface area contributed by atoms with Crippen LogP contribution in [0.1, 0.15) is 33.6 Å². The number of hydrogen-bond acceptors (Lipinski definition) is 4. The van der Waals surface area contributed by atoms with Gasteiger partial charge in [0.2, 0.25) is 0 Å². The van der Waals surface area contributed by atoms with Crippen molar-refractivity contribution in [2.45, 2.75) is 59.3 Å². The highest BCUT2D eigenvalue weighted by Gasteiger charge is 2.39. The molecule has 0 saturated heterocycles. The second-order valence-corrected chi connectivity index (χ2v) is 12.6. The minimum Gasteiger partial charge on any atom is -0.418 e. The van der Waals surface area contributed by atoms with Crippen LogP contribution in [0.3, 0.4) is 0 Å². The molecule has 0 heterocycles. The molecule has 0 aliphatic heterocycles. The normalized spacial score (nSPS) is 12.9. The third-order valence-electron chi connectivity index (χ3n) is 2.51. The van der Waals surface area contributed by atoms with Gasteiger partial charge in [0.25, 0.3) is 0 Å². The first-order valence-corrected chi connectivity index (χ1v) is 12.8. The molecule has 19 heavy (non-hydrogen) atoms. The van der Waals surface area contributed by atoms with Crippen molar-refractivity contribution in [1.82, 2.24) is 0 Å². The fourth-order valence-electron chi connectivity index (χ4n) is 1.82. The van der Waals surface area contributed by atoms with Crippen molar-refractivity contribution in [3.05, 3.63) is 0 Å². The molecule has 0 rings (SSSR count). The summed E-state index contributed by atoms with van der Waals surface area (Å²) in [6.07, 6.45) is 2.09. The lowest BCUT2D eigenvalue weighted by atomic mass is 10.4. The summed E-state index contributed by atoms with van der Waals surface area (Å²) in [4.78, 5) is 0. The van der Waals surface area contributed by atoms with E-state index in [4.69, 9.17) is 17.7 Å². The summed E-state index contributed by atoms with van der Waals surface area (Å²) < 4.78 is 23.3. The van der Waals surface area contributed by atoms with Crippen LogP contribution >= 0.6 is 0 Å². The Labute approximate surface area is 121 Å². The van der Waals surface area contributed by atoms with Crippen molar-refractivity contribution >= 4 is 17.1 Å². The second kappa shape index (κ2) is 10.1. The molecule has 0 amide bonds. The Morgan fingerprint density at radius 1 is 0.684 bits per heavy atom. The monoisotopic (exact) mass is 308 g/mol. The van der Waals surface area contributed by atoms with Gasteiger partial charge >= 0.3 is 8.80 Å². The van der Waals surface area contributed by atoms with E-state index in [-0.39, 0.29) is 0 Å². The van der Waals surface area contributed by atoms with E-state index in [2.05, 4.69) is 19.6 Å². The number of unbranched alkanes of at least 4 members (excludes halogenated alkanes) is 1. The van der Waals surface area contributed by atoms with Crippen LogP contribution in [-0.2, 0) is 17.7 Å². The van der Waals surface area contributed by atoms with Crippen LogP contribution in [0.2, 0.25) is 25.7 Å². The Morgan fingerprint density at radius 2 is 1.16 bits per heavy atom. The van der Waals surface area contributed by atoms with Crippen LogP contribution in [0.5, 0.6) is 0 Å². The molecule has 0 bridgehead atoms. The molecule has 0 aliphatic rings. The topological polar surface area (TPSA) is 36.9 Å². The molecule has 116 valence electrons. The quantitative estimate of drug-likeness (QED) is 0.407. The molecule has 4 nitrogen and oxygen atoms in total. The van der Waals surface area contributed by atoms with Crippen LogP contribution in [0, 0.1) is 0 Å². The van der Waals surface area contributed by atoms with Gasteiger partial charge in [0, 0.05) is 32.5 Å². The van der Waals surface area contributed by atoms with Crippen LogP contribution < -0.4 is 0 Å². The standard InChI is InChI=1S/C13H32O4Si2/c1-7-14-19(15-8-2,16-9-3)13-11-10-12-17-18(4,5)6/h7-13H2,1-6H3. The molecule has 0 saturated carbocycles. The largest absolute Gasteiger partial charge is 0.500 e. The summed E-state index contributed by atoms with van der Waals surface area (Å²) in [5.41, 5.74) is 0. The summed E-state index contributed by atoms with van der Waals surface area (Å²) in [6.45, 7) is 15.4. The maximum absolute atomic E-state index is 5.86. The maximum atomic E-state index is 5.86. The second-order valence-electron chi connectivity index (χ2n) is 5.40. The van der Waals surface area contributed by atoms with E-state index >= 15 is 0 Å². The zero-order valence-electron chi connectivity index (χ0n) is 13.6. The van der Waals surface area contributed by atoms with Crippen LogP contribution in [0.25, 0.3) is 0 Å². The van der Waals surface area contributed by atoms with Crippen molar-refractivity contribution in [3.8, 4) is 0 Å². The first-order chi connectivity index (χ1) is 8.89. The van der Waals surface area contributed by atoms with Gasteiger partial charge < -0.3 is 17.7 Å². The van der Waals surface area contributed by atoms with Crippen molar-refractivity contribution < 1.29 is 17.7 Å². The van der Waals surface area contributed by atoms with Gasteiger partial charge in [-0.25, -0.2) is 0 Å². The molecule has 0 aromatic carbocycles. The van der Waals surface area contributed by atoms with E-state index in [1.54, 1.807) is 0 Å². The Balaban J connectivity index is 4.10. The van der Waals surface area contributed by atoms with Crippen molar-refractivity contribution in [2.75, 3.05) is 26.4 Å². The summed E-state index contributed by atoms with van der Waals surface area (Å²) in [7, 11) is -3.82. The van der Waals surface area contributed by atoms with E-state index < -0.39 is 17.1 Å². The molecule has 6 heteroatoms. The molecule has 0 N–H and O–H groups in total. The van der Waals surface area contributed by atoms with E-state index in [0.29, 0.717) is 19.8 Å². The molecule has 0 aliphatic carbocycles. The van der Waals surface area contributed by atoms with Gasteiger partial charge in [0.15, 0.2) is 8.32 Å². The molecule has 0 aromatic heterocycles. The van der Waals surface area contributed by atoms with E-state index in [9.17, 15) is 0 Å². The SMILES string of the molecule is CCO[Si](CCCCO[Si](C)(C)C)(OCC)OCC. The Morgan fingerprint density at radius 3 is 1.53 bits per heavy atom.